The topological polar surface area (TPSA) is 105 Å². The molecule has 1 fully saturated rings. The molecule has 1 saturated heterocycles. The van der Waals surface area contributed by atoms with Gasteiger partial charge in [0.1, 0.15) is 11.5 Å². The fraction of sp³-hybridized carbons (Fsp3) is 0.320. The van der Waals surface area contributed by atoms with Crippen molar-refractivity contribution in [2.75, 3.05) is 18.4 Å². The SMILES string of the molecule is Cc1ccc(/C=C/c2onc(C)c2S(=O)(=O)N2CCCC(C(=O)Nc3cc(C)ccn3)C2)cc1. The summed E-state index contributed by atoms with van der Waals surface area (Å²) in [7, 11) is -3.91. The molecule has 1 aliphatic heterocycles. The van der Waals surface area contributed by atoms with E-state index >= 15 is 0 Å². The highest BCUT2D eigenvalue weighted by Crippen LogP contribution is 2.29. The standard InChI is InChI=1S/C25H28N4O4S/c1-17-6-8-20(9-7-17)10-11-22-24(19(3)28-33-22)34(31,32)29-14-4-5-21(16-29)25(30)27-23-15-18(2)12-13-26-23/h6-13,15,21H,4-5,14,16H2,1-3H3,(H,26,27,30)/b11-10+. The van der Waals surface area contributed by atoms with Crippen LogP contribution in [-0.2, 0) is 14.8 Å². The summed E-state index contributed by atoms with van der Waals surface area (Å²) >= 11 is 0. The summed E-state index contributed by atoms with van der Waals surface area (Å²) < 4.78 is 33.8. The molecule has 1 N–H and O–H groups in total. The summed E-state index contributed by atoms with van der Waals surface area (Å²) in [4.78, 5) is 17.0. The van der Waals surface area contributed by atoms with E-state index in [0.717, 1.165) is 16.7 Å². The van der Waals surface area contributed by atoms with Crippen LogP contribution in [0.25, 0.3) is 12.2 Å². The van der Waals surface area contributed by atoms with Crippen molar-refractivity contribution in [2.24, 2.45) is 5.92 Å². The Balaban J connectivity index is 1.53. The third-order valence-corrected chi connectivity index (χ3v) is 7.88. The van der Waals surface area contributed by atoms with Crippen molar-refractivity contribution in [2.45, 2.75) is 38.5 Å². The van der Waals surface area contributed by atoms with Crippen LogP contribution in [-0.4, -0.2) is 41.9 Å². The molecule has 34 heavy (non-hydrogen) atoms. The molecule has 0 spiro atoms. The minimum Gasteiger partial charge on any atom is -0.355 e. The summed E-state index contributed by atoms with van der Waals surface area (Å²) in [6.07, 6.45) is 6.22. The highest BCUT2D eigenvalue weighted by atomic mass is 32.2. The van der Waals surface area contributed by atoms with E-state index in [1.54, 1.807) is 31.3 Å². The number of carbonyl (C=O) groups is 1. The van der Waals surface area contributed by atoms with E-state index in [4.69, 9.17) is 4.52 Å². The zero-order chi connectivity index (χ0) is 24.3. The van der Waals surface area contributed by atoms with E-state index < -0.39 is 15.9 Å². The smallest absolute Gasteiger partial charge is 0.248 e. The number of sulfonamides is 1. The molecule has 3 aromatic rings. The Hall–Kier alpha value is -3.30. The van der Waals surface area contributed by atoms with Crippen molar-refractivity contribution in [3.63, 3.8) is 0 Å². The minimum absolute atomic E-state index is 0.0391. The van der Waals surface area contributed by atoms with Crippen LogP contribution in [0.5, 0.6) is 0 Å². The lowest BCUT2D eigenvalue weighted by molar-refractivity contribution is -0.120. The molecular weight excluding hydrogens is 452 g/mol. The van der Waals surface area contributed by atoms with E-state index in [9.17, 15) is 13.2 Å². The van der Waals surface area contributed by atoms with Gasteiger partial charge in [0, 0.05) is 19.3 Å². The van der Waals surface area contributed by atoms with Gasteiger partial charge in [-0.05, 0) is 62.9 Å². The summed E-state index contributed by atoms with van der Waals surface area (Å²) in [5, 5.41) is 6.71. The van der Waals surface area contributed by atoms with Crippen molar-refractivity contribution in [1.29, 1.82) is 0 Å². The summed E-state index contributed by atoms with van der Waals surface area (Å²) in [6, 6.07) is 11.5. The number of rotatable bonds is 6. The molecule has 2 aromatic heterocycles. The van der Waals surface area contributed by atoms with Gasteiger partial charge in [0.25, 0.3) is 0 Å². The Kier molecular flexibility index (Phi) is 6.95. The summed E-state index contributed by atoms with van der Waals surface area (Å²) in [6.45, 7) is 5.95. The lowest BCUT2D eigenvalue weighted by Gasteiger charge is -2.31. The van der Waals surface area contributed by atoms with Crippen molar-refractivity contribution in [3.05, 3.63) is 70.7 Å². The lowest BCUT2D eigenvalue weighted by atomic mass is 9.99. The predicted octanol–water partition coefficient (Wildman–Crippen LogP) is 4.20. The van der Waals surface area contributed by atoms with E-state index in [2.05, 4.69) is 15.5 Å². The molecule has 0 radical (unpaired) electrons. The number of carbonyl (C=O) groups excluding carboxylic acids is 1. The van der Waals surface area contributed by atoms with Crippen molar-refractivity contribution in [1.82, 2.24) is 14.4 Å². The Morgan fingerprint density at radius 3 is 2.62 bits per heavy atom. The second kappa shape index (κ2) is 9.90. The van der Waals surface area contributed by atoms with Crippen molar-refractivity contribution in [3.8, 4) is 0 Å². The molecule has 1 aromatic carbocycles. The van der Waals surface area contributed by atoms with E-state index in [0.29, 0.717) is 30.9 Å². The van der Waals surface area contributed by atoms with E-state index in [-0.39, 0.29) is 23.1 Å². The number of pyridine rings is 1. The third kappa shape index (κ3) is 5.26. The maximum atomic E-state index is 13.6. The second-order valence-electron chi connectivity index (χ2n) is 8.62. The van der Waals surface area contributed by atoms with Gasteiger partial charge in [-0.2, -0.15) is 4.31 Å². The van der Waals surface area contributed by atoms with Crippen LogP contribution in [0.1, 0.15) is 41.0 Å². The third-order valence-electron chi connectivity index (χ3n) is 5.86. The molecule has 0 bridgehead atoms. The molecule has 8 nitrogen and oxygen atoms in total. The zero-order valence-electron chi connectivity index (χ0n) is 19.5. The molecule has 1 atom stereocenters. The van der Waals surface area contributed by atoms with Gasteiger partial charge in [0.15, 0.2) is 10.7 Å². The molecule has 9 heteroatoms. The van der Waals surface area contributed by atoms with Crippen LogP contribution in [0.2, 0.25) is 0 Å². The average Bonchev–Trinajstić information content (AvgIpc) is 3.20. The number of piperidine rings is 1. The van der Waals surface area contributed by atoms with Gasteiger partial charge in [-0.3, -0.25) is 4.79 Å². The molecule has 178 valence electrons. The maximum absolute atomic E-state index is 13.6. The fourth-order valence-corrected chi connectivity index (χ4v) is 5.76. The normalized spacial score (nSPS) is 17.2. The van der Waals surface area contributed by atoms with Gasteiger partial charge >= 0.3 is 0 Å². The first-order chi connectivity index (χ1) is 16.2. The Bertz CT molecular complexity index is 1310. The van der Waals surface area contributed by atoms with Gasteiger partial charge in [-0.15, -0.1) is 0 Å². The van der Waals surface area contributed by atoms with Gasteiger partial charge in [-0.25, -0.2) is 13.4 Å². The number of amides is 1. The van der Waals surface area contributed by atoms with Crippen molar-refractivity contribution >= 4 is 33.9 Å². The van der Waals surface area contributed by atoms with Crippen molar-refractivity contribution < 1.29 is 17.7 Å². The minimum atomic E-state index is -3.91. The number of hydrogen-bond donors (Lipinski definition) is 1. The first kappa shape index (κ1) is 23.8. The fourth-order valence-electron chi connectivity index (χ4n) is 3.98. The molecule has 1 amide bonds. The molecule has 1 unspecified atom stereocenters. The lowest BCUT2D eigenvalue weighted by Crippen LogP contribution is -2.44. The molecular formula is C25H28N4O4S. The summed E-state index contributed by atoms with van der Waals surface area (Å²) in [5.74, 6) is -0.0749. The van der Waals surface area contributed by atoms with Crippen LogP contribution in [0.4, 0.5) is 5.82 Å². The van der Waals surface area contributed by atoms with E-state index in [1.165, 1.54) is 4.31 Å². The van der Waals surface area contributed by atoms with Crippen LogP contribution in [0.3, 0.4) is 0 Å². The monoisotopic (exact) mass is 480 g/mol. The first-order valence-electron chi connectivity index (χ1n) is 11.2. The highest BCUT2D eigenvalue weighted by Gasteiger charge is 2.37. The zero-order valence-corrected chi connectivity index (χ0v) is 20.3. The Labute approximate surface area is 199 Å². The number of benzene rings is 1. The van der Waals surface area contributed by atoms with Gasteiger partial charge in [-0.1, -0.05) is 41.1 Å². The molecule has 1 aliphatic rings. The van der Waals surface area contributed by atoms with E-state index in [1.807, 2.05) is 44.2 Å². The van der Waals surface area contributed by atoms with Crippen LogP contribution >= 0.6 is 0 Å². The number of anilines is 1. The van der Waals surface area contributed by atoms with Gasteiger partial charge < -0.3 is 9.84 Å². The number of hydrogen-bond acceptors (Lipinski definition) is 6. The first-order valence-corrected chi connectivity index (χ1v) is 12.6. The van der Waals surface area contributed by atoms with Crippen LogP contribution < -0.4 is 5.32 Å². The largest absolute Gasteiger partial charge is 0.355 e. The molecule has 0 saturated carbocycles. The number of aryl methyl sites for hydroxylation is 3. The maximum Gasteiger partial charge on any atom is 0.248 e. The predicted molar refractivity (Wildman–Crippen MR) is 130 cm³/mol. The Morgan fingerprint density at radius 1 is 1.12 bits per heavy atom. The molecule has 4 rings (SSSR count). The average molecular weight is 481 g/mol. The second-order valence-corrected chi connectivity index (χ2v) is 10.5. The summed E-state index contributed by atoms with van der Waals surface area (Å²) in [5.41, 5.74) is 3.33. The number of aromatic nitrogens is 2. The van der Waals surface area contributed by atoms with Gasteiger partial charge in [0.05, 0.1) is 5.92 Å². The van der Waals surface area contributed by atoms with Gasteiger partial charge in [0.2, 0.25) is 15.9 Å². The number of nitrogens with one attached hydrogen (secondary N) is 1. The highest BCUT2D eigenvalue weighted by molar-refractivity contribution is 7.89. The molecule has 0 aliphatic carbocycles. The Morgan fingerprint density at radius 2 is 1.88 bits per heavy atom. The van der Waals surface area contributed by atoms with Crippen LogP contribution in [0, 0.1) is 26.7 Å². The molecule has 3 heterocycles. The quantitative estimate of drug-likeness (QED) is 0.567. The number of nitrogens with zero attached hydrogens (tertiary/aromatic N) is 3. The van der Waals surface area contributed by atoms with Crippen LogP contribution in [0.15, 0.2) is 52.0 Å².